The number of hydrogen-bond acceptors (Lipinski definition) is 5. The lowest BCUT2D eigenvalue weighted by molar-refractivity contribution is 0.630. The van der Waals surface area contributed by atoms with Crippen LogP contribution in [0.4, 0.5) is 11.8 Å². The molecule has 76 valence electrons. The second-order valence-electron chi connectivity index (χ2n) is 3.41. The molecule has 14 heavy (non-hydrogen) atoms. The summed E-state index contributed by atoms with van der Waals surface area (Å²) in [5, 5.41) is 3.28. The first-order valence-corrected chi connectivity index (χ1v) is 5.90. The van der Waals surface area contributed by atoms with Crippen molar-refractivity contribution < 1.29 is 0 Å². The van der Waals surface area contributed by atoms with Gasteiger partial charge in [-0.2, -0.15) is 16.7 Å². The van der Waals surface area contributed by atoms with E-state index in [0.29, 0.717) is 5.95 Å². The van der Waals surface area contributed by atoms with Gasteiger partial charge in [-0.25, -0.2) is 4.98 Å². The summed E-state index contributed by atoms with van der Waals surface area (Å²) in [6, 6.07) is 1.85. The van der Waals surface area contributed by atoms with Gasteiger partial charge in [-0.3, -0.25) is 0 Å². The first-order chi connectivity index (χ1) is 6.84. The number of nitrogens with zero attached hydrogens (tertiary/aromatic N) is 2. The Bertz CT molecular complexity index is 299. The molecule has 0 radical (unpaired) electrons. The van der Waals surface area contributed by atoms with Crippen LogP contribution in [0.25, 0.3) is 0 Å². The molecule has 0 spiro atoms. The number of hydrogen-bond donors (Lipinski definition) is 2. The lowest BCUT2D eigenvalue weighted by Gasteiger charge is -2.10. The van der Waals surface area contributed by atoms with E-state index >= 15 is 0 Å². The maximum Gasteiger partial charge on any atom is 0.221 e. The molecule has 1 unspecified atom stereocenters. The minimum atomic E-state index is 0.329. The summed E-state index contributed by atoms with van der Waals surface area (Å²) < 4.78 is 0. The zero-order valence-corrected chi connectivity index (χ0v) is 8.76. The van der Waals surface area contributed by atoms with Gasteiger partial charge >= 0.3 is 0 Å². The fourth-order valence-electron chi connectivity index (χ4n) is 1.47. The van der Waals surface area contributed by atoms with Gasteiger partial charge in [-0.05, 0) is 29.9 Å². The second-order valence-corrected chi connectivity index (χ2v) is 4.56. The predicted molar refractivity (Wildman–Crippen MR) is 60.4 cm³/mol. The predicted octanol–water partition coefficient (Wildman–Crippen LogP) is 1.22. The molecule has 1 saturated heterocycles. The first-order valence-electron chi connectivity index (χ1n) is 4.75. The van der Waals surface area contributed by atoms with Gasteiger partial charge in [0.2, 0.25) is 5.95 Å². The standard InChI is InChI=1S/C9H14N4S/c10-9-11-3-1-8(13-9)12-5-7-2-4-14-6-7/h1,3,7H,2,4-6H2,(H3,10,11,12,13). The molecule has 1 aliphatic rings. The van der Waals surface area contributed by atoms with Crippen LogP contribution < -0.4 is 11.1 Å². The van der Waals surface area contributed by atoms with Crippen LogP contribution in [0.3, 0.4) is 0 Å². The summed E-state index contributed by atoms with van der Waals surface area (Å²) in [6.07, 6.45) is 2.98. The molecule has 1 aromatic rings. The Kier molecular flexibility index (Phi) is 3.08. The van der Waals surface area contributed by atoms with E-state index in [-0.39, 0.29) is 0 Å². The molecule has 0 saturated carbocycles. The van der Waals surface area contributed by atoms with Crippen molar-refractivity contribution in [3.05, 3.63) is 12.3 Å². The highest BCUT2D eigenvalue weighted by Crippen LogP contribution is 2.23. The maximum atomic E-state index is 5.48. The van der Waals surface area contributed by atoms with E-state index < -0.39 is 0 Å². The molecule has 1 aromatic heterocycles. The molecule has 1 fully saturated rings. The van der Waals surface area contributed by atoms with E-state index in [4.69, 9.17) is 5.73 Å². The van der Waals surface area contributed by atoms with Crippen LogP contribution >= 0.6 is 11.8 Å². The van der Waals surface area contributed by atoms with E-state index in [9.17, 15) is 0 Å². The number of nitrogens with one attached hydrogen (secondary N) is 1. The van der Waals surface area contributed by atoms with Crippen molar-refractivity contribution in [1.82, 2.24) is 9.97 Å². The Hall–Kier alpha value is -0.970. The molecule has 2 heterocycles. The summed E-state index contributed by atoms with van der Waals surface area (Å²) in [6.45, 7) is 0.990. The van der Waals surface area contributed by atoms with Gasteiger partial charge in [-0.1, -0.05) is 0 Å². The number of nitrogens with two attached hydrogens (primary N) is 1. The number of anilines is 2. The van der Waals surface area contributed by atoms with Crippen molar-refractivity contribution in [3.63, 3.8) is 0 Å². The van der Waals surface area contributed by atoms with Crippen LogP contribution in [0, 0.1) is 5.92 Å². The third kappa shape index (κ3) is 2.51. The van der Waals surface area contributed by atoms with Crippen LogP contribution in [0.15, 0.2) is 12.3 Å². The maximum absolute atomic E-state index is 5.48. The van der Waals surface area contributed by atoms with Crippen LogP contribution in [0.1, 0.15) is 6.42 Å². The highest BCUT2D eigenvalue weighted by molar-refractivity contribution is 7.99. The summed E-state index contributed by atoms with van der Waals surface area (Å²) >= 11 is 2.02. The fourth-order valence-corrected chi connectivity index (χ4v) is 2.75. The zero-order chi connectivity index (χ0) is 9.80. The number of aromatic nitrogens is 2. The third-order valence-electron chi connectivity index (χ3n) is 2.27. The van der Waals surface area contributed by atoms with E-state index in [0.717, 1.165) is 18.3 Å². The average molecular weight is 210 g/mol. The van der Waals surface area contributed by atoms with Crippen molar-refractivity contribution in [2.75, 3.05) is 29.1 Å². The summed E-state index contributed by atoms with van der Waals surface area (Å²) in [5.74, 6) is 4.48. The molecule has 5 heteroatoms. The molecule has 4 nitrogen and oxygen atoms in total. The van der Waals surface area contributed by atoms with Gasteiger partial charge in [0.25, 0.3) is 0 Å². The van der Waals surface area contributed by atoms with E-state index in [1.807, 2.05) is 17.8 Å². The summed E-state index contributed by atoms with van der Waals surface area (Å²) in [7, 11) is 0. The highest BCUT2D eigenvalue weighted by Gasteiger charge is 2.14. The van der Waals surface area contributed by atoms with Gasteiger partial charge in [-0.15, -0.1) is 0 Å². The topological polar surface area (TPSA) is 63.8 Å². The van der Waals surface area contributed by atoms with Crippen molar-refractivity contribution in [1.29, 1.82) is 0 Å². The van der Waals surface area contributed by atoms with Crippen LogP contribution in [0.5, 0.6) is 0 Å². The molecule has 0 aliphatic carbocycles. The van der Waals surface area contributed by atoms with Crippen LogP contribution in [-0.2, 0) is 0 Å². The molecule has 3 N–H and O–H groups in total. The van der Waals surface area contributed by atoms with Gasteiger partial charge in [0.1, 0.15) is 5.82 Å². The second kappa shape index (κ2) is 4.50. The highest BCUT2D eigenvalue weighted by atomic mass is 32.2. The Morgan fingerprint density at radius 2 is 2.57 bits per heavy atom. The van der Waals surface area contributed by atoms with E-state index in [1.165, 1.54) is 17.9 Å². The molecule has 2 rings (SSSR count). The summed E-state index contributed by atoms with van der Waals surface area (Å²) in [5.41, 5.74) is 5.48. The molecular formula is C9H14N4S. The van der Waals surface area contributed by atoms with Crippen molar-refractivity contribution in [2.45, 2.75) is 6.42 Å². The Balaban J connectivity index is 1.85. The van der Waals surface area contributed by atoms with Crippen LogP contribution in [-0.4, -0.2) is 28.0 Å². The molecule has 0 amide bonds. The van der Waals surface area contributed by atoms with Crippen molar-refractivity contribution in [2.24, 2.45) is 5.92 Å². The first kappa shape index (κ1) is 9.58. The van der Waals surface area contributed by atoms with Gasteiger partial charge < -0.3 is 11.1 Å². The minimum Gasteiger partial charge on any atom is -0.370 e. The summed E-state index contributed by atoms with van der Waals surface area (Å²) in [4.78, 5) is 7.93. The van der Waals surface area contributed by atoms with E-state index in [1.54, 1.807) is 6.20 Å². The third-order valence-corrected chi connectivity index (χ3v) is 3.50. The van der Waals surface area contributed by atoms with Crippen molar-refractivity contribution >= 4 is 23.5 Å². The Morgan fingerprint density at radius 3 is 3.29 bits per heavy atom. The molecule has 0 aromatic carbocycles. The largest absolute Gasteiger partial charge is 0.370 e. The lowest BCUT2D eigenvalue weighted by Crippen LogP contribution is -2.14. The minimum absolute atomic E-state index is 0.329. The number of thioether (sulfide) groups is 1. The van der Waals surface area contributed by atoms with E-state index in [2.05, 4.69) is 15.3 Å². The quantitative estimate of drug-likeness (QED) is 0.785. The monoisotopic (exact) mass is 210 g/mol. The van der Waals surface area contributed by atoms with Crippen LogP contribution in [0.2, 0.25) is 0 Å². The zero-order valence-electron chi connectivity index (χ0n) is 7.94. The molecule has 1 aliphatic heterocycles. The van der Waals surface area contributed by atoms with Gasteiger partial charge in [0, 0.05) is 12.7 Å². The fraction of sp³-hybridized carbons (Fsp3) is 0.556. The number of rotatable bonds is 3. The average Bonchev–Trinajstić information content (AvgIpc) is 2.67. The SMILES string of the molecule is Nc1nccc(NCC2CCSC2)n1. The Morgan fingerprint density at radius 1 is 1.64 bits per heavy atom. The molecular weight excluding hydrogens is 196 g/mol. The molecule has 0 bridgehead atoms. The normalized spacial score (nSPS) is 21.0. The molecule has 1 atom stereocenters. The van der Waals surface area contributed by atoms with Gasteiger partial charge in [0.05, 0.1) is 0 Å². The Labute approximate surface area is 87.7 Å². The van der Waals surface area contributed by atoms with Crippen molar-refractivity contribution in [3.8, 4) is 0 Å². The van der Waals surface area contributed by atoms with Gasteiger partial charge in [0.15, 0.2) is 0 Å². The number of nitrogen functional groups attached to an aromatic ring is 1. The lowest BCUT2D eigenvalue weighted by atomic mass is 10.1. The smallest absolute Gasteiger partial charge is 0.221 e.